The number of alkyl halides is 1. The van der Waals surface area contributed by atoms with E-state index in [0.29, 0.717) is 12.4 Å². The molecule has 0 saturated heterocycles. The van der Waals surface area contributed by atoms with E-state index in [1.54, 1.807) is 33.3 Å². The maximum Gasteiger partial charge on any atom is 0.341 e. The zero-order chi connectivity index (χ0) is 18.4. The van der Waals surface area contributed by atoms with Crippen LogP contribution in [0.4, 0.5) is 4.79 Å². The fourth-order valence-corrected chi connectivity index (χ4v) is 3.02. The van der Waals surface area contributed by atoms with Gasteiger partial charge < -0.3 is 19.5 Å². The van der Waals surface area contributed by atoms with Gasteiger partial charge in [0.25, 0.3) is 0 Å². The Kier molecular flexibility index (Phi) is 6.78. The molecule has 0 aromatic heterocycles. The minimum Gasteiger partial charge on any atom is -0.496 e. The molecule has 1 aliphatic rings. The number of hydrogen-bond acceptors (Lipinski definition) is 5. The molecule has 25 heavy (non-hydrogen) atoms. The second kappa shape index (κ2) is 8.82. The quantitative estimate of drug-likeness (QED) is 0.590. The normalized spacial score (nSPS) is 19.8. The predicted octanol–water partition coefficient (Wildman–Crippen LogP) is 2.47. The molecule has 0 fully saturated rings. The van der Waals surface area contributed by atoms with E-state index in [2.05, 4.69) is 10.3 Å². The third kappa shape index (κ3) is 4.29. The van der Waals surface area contributed by atoms with Crippen molar-refractivity contribution in [3.05, 3.63) is 29.3 Å². The third-order valence-electron chi connectivity index (χ3n) is 3.86. The molecular weight excluding hydrogens is 348 g/mol. The Morgan fingerprint density at radius 2 is 2.12 bits per heavy atom. The van der Waals surface area contributed by atoms with E-state index in [4.69, 9.17) is 25.8 Å². The molecule has 8 heteroatoms. The molecule has 7 nitrogen and oxygen atoms in total. The van der Waals surface area contributed by atoms with E-state index in [1.807, 2.05) is 6.07 Å². The van der Waals surface area contributed by atoms with Crippen LogP contribution < -0.4 is 10.1 Å². The number of carbonyl (C=O) groups is 2. The Morgan fingerprint density at radius 3 is 2.72 bits per heavy atom. The highest BCUT2D eigenvalue weighted by atomic mass is 35.5. The number of ether oxygens (including phenoxy) is 3. The SMILES string of the molecule is CCOC(=O)C1C(CCl)=NC(=O)NC1c1ccc(OC)c(COC)c1. The summed E-state index contributed by atoms with van der Waals surface area (Å²) in [5.74, 6) is -0.629. The zero-order valence-electron chi connectivity index (χ0n) is 14.4. The first-order valence-electron chi connectivity index (χ1n) is 7.82. The average Bonchev–Trinajstić information content (AvgIpc) is 2.61. The van der Waals surface area contributed by atoms with E-state index in [9.17, 15) is 9.59 Å². The Labute approximate surface area is 151 Å². The standard InChI is InChI=1S/C17H21ClN2O5/c1-4-25-16(21)14-12(8-18)19-17(22)20-15(14)10-5-6-13(24-3)11(7-10)9-23-2/h5-7,14-15H,4,8-9H2,1-3H3,(H,20,22). The van der Waals surface area contributed by atoms with Gasteiger partial charge in [0.05, 0.1) is 38.0 Å². The lowest BCUT2D eigenvalue weighted by atomic mass is 9.87. The van der Waals surface area contributed by atoms with Crippen molar-refractivity contribution in [3.63, 3.8) is 0 Å². The number of benzene rings is 1. The first-order valence-corrected chi connectivity index (χ1v) is 8.35. The maximum atomic E-state index is 12.4. The molecule has 2 amide bonds. The number of urea groups is 1. The monoisotopic (exact) mass is 368 g/mol. The summed E-state index contributed by atoms with van der Waals surface area (Å²) < 4.78 is 15.6. The highest BCUT2D eigenvalue weighted by Crippen LogP contribution is 2.31. The molecule has 1 aromatic rings. The molecular formula is C17H21ClN2O5. The van der Waals surface area contributed by atoms with Crippen LogP contribution in [-0.4, -0.2) is 44.4 Å². The fraction of sp³-hybridized carbons (Fsp3) is 0.471. The molecule has 1 N–H and O–H groups in total. The molecule has 0 radical (unpaired) electrons. The summed E-state index contributed by atoms with van der Waals surface area (Å²) in [7, 11) is 3.14. The van der Waals surface area contributed by atoms with Gasteiger partial charge in [0.15, 0.2) is 0 Å². The van der Waals surface area contributed by atoms with Crippen LogP contribution in [0.1, 0.15) is 24.1 Å². The number of esters is 1. The summed E-state index contributed by atoms with van der Waals surface area (Å²) in [5, 5.41) is 2.73. The number of nitrogens with one attached hydrogen (secondary N) is 1. The number of aliphatic imine (C=N–C) groups is 1. The lowest BCUT2D eigenvalue weighted by molar-refractivity contribution is -0.146. The van der Waals surface area contributed by atoms with Gasteiger partial charge in [0.1, 0.15) is 11.7 Å². The van der Waals surface area contributed by atoms with E-state index in [1.165, 1.54) is 0 Å². The Morgan fingerprint density at radius 1 is 1.36 bits per heavy atom. The largest absolute Gasteiger partial charge is 0.496 e. The molecule has 0 aliphatic carbocycles. The summed E-state index contributed by atoms with van der Waals surface area (Å²) in [4.78, 5) is 28.2. The van der Waals surface area contributed by atoms with E-state index in [0.717, 1.165) is 11.1 Å². The molecule has 0 spiro atoms. The lowest BCUT2D eigenvalue weighted by Crippen LogP contribution is -2.45. The number of halogens is 1. The minimum atomic E-state index is -0.779. The van der Waals surface area contributed by atoms with Crippen molar-refractivity contribution in [2.24, 2.45) is 10.9 Å². The van der Waals surface area contributed by atoms with E-state index in [-0.39, 0.29) is 18.2 Å². The van der Waals surface area contributed by atoms with E-state index < -0.39 is 24.0 Å². The number of hydrogen-bond donors (Lipinski definition) is 1. The number of rotatable bonds is 7. The van der Waals surface area contributed by atoms with Gasteiger partial charge in [-0.2, -0.15) is 0 Å². The van der Waals surface area contributed by atoms with Crippen molar-refractivity contribution in [1.29, 1.82) is 0 Å². The van der Waals surface area contributed by atoms with Crippen LogP contribution in [0.25, 0.3) is 0 Å². The van der Waals surface area contributed by atoms with E-state index >= 15 is 0 Å². The average molecular weight is 369 g/mol. The summed E-state index contributed by atoms with van der Waals surface area (Å²) in [5.41, 5.74) is 1.81. The number of carbonyl (C=O) groups excluding carboxylic acids is 2. The predicted molar refractivity (Wildman–Crippen MR) is 93.3 cm³/mol. The van der Waals surface area contributed by atoms with Crippen LogP contribution in [0.2, 0.25) is 0 Å². The smallest absolute Gasteiger partial charge is 0.341 e. The van der Waals surface area contributed by atoms with Gasteiger partial charge in [-0.05, 0) is 24.6 Å². The molecule has 1 heterocycles. The summed E-state index contributed by atoms with van der Waals surface area (Å²) in [6, 6.07) is 4.22. The number of amides is 2. The van der Waals surface area contributed by atoms with Crippen molar-refractivity contribution in [3.8, 4) is 5.75 Å². The van der Waals surface area contributed by atoms with Crippen molar-refractivity contribution < 1.29 is 23.8 Å². The molecule has 1 aliphatic heterocycles. The molecule has 1 aromatic carbocycles. The topological polar surface area (TPSA) is 86.2 Å². The minimum absolute atomic E-state index is 0.0333. The van der Waals surface area contributed by atoms with Crippen LogP contribution in [0, 0.1) is 5.92 Å². The van der Waals surface area contributed by atoms with Gasteiger partial charge in [-0.25, -0.2) is 9.79 Å². The van der Waals surface area contributed by atoms with Gasteiger partial charge in [-0.3, -0.25) is 4.79 Å². The second-order valence-corrected chi connectivity index (χ2v) is 5.67. The van der Waals surface area contributed by atoms with Gasteiger partial charge in [0.2, 0.25) is 0 Å². The summed E-state index contributed by atoms with van der Waals surface area (Å²) >= 11 is 5.91. The summed E-state index contributed by atoms with van der Waals surface area (Å²) in [6.07, 6.45) is 0. The van der Waals surface area contributed by atoms with Crippen LogP contribution >= 0.6 is 11.6 Å². The van der Waals surface area contributed by atoms with Gasteiger partial charge in [0, 0.05) is 12.7 Å². The van der Waals surface area contributed by atoms with Crippen molar-refractivity contribution in [2.45, 2.75) is 19.6 Å². The van der Waals surface area contributed by atoms with Crippen LogP contribution in [0.3, 0.4) is 0 Å². The zero-order valence-corrected chi connectivity index (χ0v) is 15.1. The first-order chi connectivity index (χ1) is 12.0. The highest BCUT2D eigenvalue weighted by Gasteiger charge is 2.39. The second-order valence-electron chi connectivity index (χ2n) is 5.40. The van der Waals surface area contributed by atoms with Gasteiger partial charge in [-0.15, -0.1) is 11.6 Å². The molecule has 0 bridgehead atoms. The molecule has 0 saturated carbocycles. The summed E-state index contributed by atoms with van der Waals surface area (Å²) in [6.45, 7) is 2.28. The van der Waals surface area contributed by atoms with Crippen LogP contribution in [0.5, 0.6) is 5.75 Å². The van der Waals surface area contributed by atoms with Gasteiger partial charge >= 0.3 is 12.0 Å². The Balaban J connectivity index is 2.46. The molecule has 2 atom stereocenters. The lowest BCUT2D eigenvalue weighted by Gasteiger charge is -2.30. The van der Waals surface area contributed by atoms with Crippen molar-refractivity contribution >= 4 is 29.3 Å². The molecule has 2 unspecified atom stereocenters. The Bertz CT molecular complexity index is 677. The third-order valence-corrected chi connectivity index (χ3v) is 4.13. The number of nitrogens with zero attached hydrogens (tertiary/aromatic N) is 1. The van der Waals surface area contributed by atoms with Crippen LogP contribution in [-0.2, 0) is 20.9 Å². The number of methoxy groups -OCH3 is 2. The first kappa shape index (κ1) is 19.2. The van der Waals surface area contributed by atoms with Crippen molar-refractivity contribution in [2.75, 3.05) is 26.7 Å². The highest BCUT2D eigenvalue weighted by molar-refractivity contribution is 6.32. The maximum absolute atomic E-state index is 12.4. The van der Waals surface area contributed by atoms with Crippen molar-refractivity contribution in [1.82, 2.24) is 5.32 Å². The van der Waals surface area contributed by atoms with Crippen LogP contribution in [0.15, 0.2) is 23.2 Å². The molecule has 136 valence electrons. The van der Waals surface area contributed by atoms with Gasteiger partial charge in [-0.1, -0.05) is 6.07 Å². The Hall–Kier alpha value is -2.12. The fourth-order valence-electron chi connectivity index (χ4n) is 2.79. The molecule has 2 rings (SSSR count).